The van der Waals surface area contributed by atoms with E-state index in [2.05, 4.69) is 13.0 Å². The monoisotopic (exact) mass is 342 g/mol. The zero-order chi connectivity index (χ0) is 18.2. The van der Waals surface area contributed by atoms with E-state index in [0.29, 0.717) is 11.3 Å². The van der Waals surface area contributed by atoms with Crippen molar-refractivity contribution in [3.05, 3.63) is 41.5 Å². The molecule has 0 amide bonds. The summed E-state index contributed by atoms with van der Waals surface area (Å²) in [6.07, 6.45) is 6.90. The summed E-state index contributed by atoms with van der Waals surface area (Å²) in [7, 11) is 1.59. The van der Waals surface area contributed by atoms with Gasteiger partial charge in [0.05, 0.1) is 13.2 Å². The Morgan fingerprint density at radius 1 is 1.08 bits per heavy atom. The molecule has 0 aliphatic heterocycles. The van der Waals surface area contributed by atoms with E-state index in [-0.39, 0.29) is 12.1 Å². The molecule has 0 saturated heterocycles. The molecule has 2 aromatic rings. The zero-order valence-corrected chi connectivity index (χ0v) is 15.9. The average molecular weight is 342 g/mol. The van der Waals surface area contributed by atoms with Crippen molar-refractivity contribution >= 4 is 16.7 Å². The van der Waals surface area contributed by atoms with Gasteiger partial charge in [-0.2, -0.15) is 0 Å². The first-order valence-corrected chi connectivity index (χ1v) is 9.35. The Balaban J connectivity index is 2.10. The second-order valence-electron chi connectivity index (χ2n) is 6.79. The molecule has 0 spiro atoms. The molecule has 2 rings (SSSR count). The lowest BCUT2D eigenvalue weighted by molar-refractivity contribution is 0.0318. The maximum Gasteiger partial charge on any atom is 0.342 e. The van der Waals surface area contributed by atoms with E-state index in [9.17, 15) is 4.79 Å². The average Bonchev–Trinajstić information content (AvgIpc) is 2.60. The number of benzene rings is 2. The fourth-order valence-corrected chi connectivity index (χ4v) is 3.15. The van der Waals surface area contributed by atoms with Crippen molar-refractivity contribution in [3.63, 3.8) is 0 Å². The highest BCUT2D eigenvalue weighted by molar-refractivity contribution is 6.07. The molecule has 2 aromatic carbocycles. The summed E-state index contributed by atoms with van der Waals surface area (Å²) < 4.78 is 11.1. The van der Waals surface area contributed by atoms with Crippen molar-refractivity contribution in [3.8, 4) is 5.75 Å². The highest BCUT2D eigenvalue weighted by Crippen LogP contribution is 2.30. The Bertz CT molecular complexity index is 706. The zero-order valence-electron chi connectivity index (χ0n) is 15.9. The second-order valence-corrected chi connectivity index (χ2v) is 6.79. The fraction of sp³-hybridized carbons (Fsp3) is 0.500. The lowest BCUT2D eigenvalue weighted by atomic mass is 10.0. The minimum absolute atomic E-state index is 0.0838. The van der Waals surface area contributed by atoms with Crippen LogP contribution in [0.4, 0.5) is 0 Å². The third-order valence-corrected chi connectivity index (χ3v) is 4.58. The minimum Gasteiger partial charge on any atom is -0.496 e. The predicted molar refractivity (Wildman–Crippen MR) is 103 cm³/mol. The van der Waals surface area contributed by atoms with Crippen molar-refractivity contribution in [2.24, 2.45) is 0 Å². The molecular formula is C22H30O3. The molecule has 1 atom stereocenters. The van der Waals surface area contributed by atoms with Crippen molar-refractivity contribution in [1.82, 2.24) is 0 Å². The summed E-state index contributed by atoms with van der Waals surface area (Å²) in [6, 6.07) is 9.88. The van der Waals surface area contributed by atoms with Crippen LogP contribution >= 0.6 is 0 Å². The molecule has 0 fully saturated rings. The number of hydrogen-bond donors (Lipinski definition) is 0. The number of methoxy groups -OCH3 is 1. The number of rotatable bonds is 9. The van der Waals surface area contributed by atoms with Crippen molar-refractivity contribution in [2.45, 2.75) is 65.4 Å². The van der Waals surface area contributed by atoms with Crippen LogP contribution in [0.1, 0.15) is 68.3 Å². The van der Waals surface area contributed by atoms with Crippen LogP contribution in [0.2, 0.25) is 0 Å². The van der Waals surface area contributed by atoms with Crippen LogP contribution in [0.5, 0.6) is 5.75 Å². The van der Waals surface area contributed by atoms with Crippen molar-refractivity contribution in [2.75, 3.05) is 7.11 Å². The smallest absolute Gasteiger partial charge is 0.342 e. The Morgan fingerprint density at radius 2 is 1.84 bits per heavy atom. The highest BCUT2D eigenvalue weighted by Gasteiger charge is 2.20. The summed E-state index contributed by atoms with van der Waals surface area (Å²) >= 11 is 0. The Hall–Kier alpha value is -2.03. The van der Waals surface area contributed by atoms with Crippen LogP contribution in [0, 0.1) is 6.92 Å². The van der Waals surface area contributed by atoms with Gasteiger partial charge in [0.2, 0.25) is 0 Å². The van der Waals surface area contributed by atoms with E-state index in [0.717, 1.165) is 29.2 Å². The Morgan fingerprint density at radius 3 is 2.56 bits per heavy atom. The molecule has 0 bridgehead atoms. The maximum absolute atomic E-state index is 12.8. The molecule has 0 aromatic heterocycles. The molecule has 3 nitrogen and oxygen atoms in total. The number of aryl methyl sites for hydroxylation is 1. The Labute approximate surface area is 151 Å². The molecule has 0 aliphatic rings. The lowest BCUT2D eigenvalue weighted by Crippen LogP contribution is -2.16. The van der Waals surface area contributed by atoms with Crippen LogP contribution < -0.4 is 4.74 Å². The summed E-state index contributed by atoms with van der Waals surface area (Å²) in [6.45, 7) is 6.23. The molecule has 0 N–H and O–H groups in total. The van der Waals surface area contributed by atoms with Gasteiger partial charge in [0.15, 0.2) is 0 Å². The normalized spacial score (nSPS) is 12.2. The molecule has 0 radical (unpaired) electrons. The standard InChI is InChI=1S/C22H30O3/c1-5-6-7-8-9-10-17(3)25-22(23)21-19-13-11-16(2)15-18(19)12-14-20(21)24-4/h11-15,17H,5-10H2,1-4H3. The van der Waals surface area contributed by atoms with E-state index < -0.39 is 0 Å². The molecule has 3 heteroatoms. The number of esters is 1. The van der Waals surface area contributed by atoms with E-state index >= 15 is 0 Å². The van der Waals surface area contributed by atoms with Crippen LogP contribution in [0.25, 0.3) is 10.8 Å². The maximum atomic E-state index is 12.8. The molecular weight excluding hydrogens is 312 g/mol. The highest BCUT2D eigenvalue weighted by atomic mass is 16.5. The second kappa shape index (κ2) is 9.45. The van der Waals surface area contributed by atoms with Crippen molar-refractivity contribution < 1.29 is 14.3 Å². The first-order chi connectivity index (χ1) is 12.1. The largest absolute Gasteiger partial charge is 0.496 e. The molecule has 1 unspecified atom stereocenters. The summed E-state index contributed by atoms with van der Waals surface area (Å²) in [4.78, 5) is 12.8. The van der Waals surface area contributed by atoms with Gasteiger partial charge >= 0.3 is 5.97 Å². The summed E-state index contributed by atoms with van der Waals surface area (Å²) in [5, 5.41) is 1.91. The van der Waals surface area contributed by atoms with E-state index in [1.54, 1.807) is 7.11 Å². The van der Waals surface area contributed by atoms with Crippen LogP contribution in [-0.4, -0.2) is 19.2 Å². The van der Waals surface area contributed by atoms with E-state index in [1.165, 1.54) is 25.7 Å². The van der Waals surface area contributed by atoms with Gasteiger partial charge in [-0.1, -0.05) is 62.4 Å². The fourth-order valence-electron chi connectivity index (χ4n) is 3.15. The minimum atomic E-state index is -0.299. The predicted octanol–water partition coefficient (Wildman–Crippen LogP) is 6.06. The van der Waals surface area contributed by atoms with E-state index in [1.807, 2.05) is 38.1 Å². The van der Waals surface area contributed by atoms with Crippen LogP contribution in [-0.2, 0) is 4.74 Å². The third kappa shape index (κ3) is 5.22. The van der Waals surface area contributed by atoms with Crippen LogP contribution in [0.3, 0.4) is 0 Å². The SMILES string of the molecule is CCCCCCCC(C)OC(=O)c1c(OC)ccc2cc(C)ccc12. The summed E-state index contributed by atoms with van der Waals surface area (Å²) in [5.41, 5.74) is 1.69. The van der Waals surface area contributed by atoms with Gasteiger partial charge in [-0.25, -0.2) is 4.79 Å². The number of ether oxygens (including phenoxy) is 2. The number of fused-ring (bicyclic) bond motifs is 1. The molecule has 0 heterocycles. The first kappa shape index (κ1) is 19.3. The number of carbonyl (C=O) groups excluding carboxylic acids is 1. The quantitative estimate of drug-likeness (QED) is 0.410. The van der Waals surface area contributed by atoms with Gasteiger partial charge in [0.25, 0.3) is 0 Å². The molecule has 25 heavy (non-hydrogen) atoms. The third-order valence-electron chi connectivity index (χ3n) is 4.58. The molecule has 0 saturated carbocycles. The number of hydrogen-bond acceptors (Lipinski definition) is 3. The number of unbranched alkanes of at least 4 members (excludes halogenated alkanes) is 4. The van der Waals surface area contributed by atoms with Gasteiger partial charge in [-0.05, 0) is 43.5 Å². The topological polar surface area (TPSA) is 35.5 Å². The Kier molecular flexibility index (Phi) is 7.30. The van der Waals surface area contributed by atoms with Gasteiger partial charge in [-0.3, -0.25) is 0 Å². The molecule has 0 aliphatic carbocycles. The lowest BCUT2D eigenvalue weighted by Gasteiger charge is -2.16. The van der Waals surface area contributed by atoms with Gasteiger partial charge in [-0.15, -0.1) is 0 Å². The van der Waals surface area contributed by atoms with Gasteiger partial charge < -0.3 is 9.47 Å². The van der Waals surface area contributed by atoms with Gasteiger partial charge in [0, 0.05) is 0 Å². The van der Waals surface area contributed by atoms with Gasteiger partial charge in [0.1, 0.15) is 11.3 Å². The molecule has 136 valence electrons. The summed E-state index contributed by atoms with van der Waals surface area (Å²) in [5.74, 6) is 0.267. The van der Waals surface area contributed by atoms with E-state index in [4.69, 9.17) is 9.47 Å². The van der Waals surface area contributed by atoms with Crippen molar-refractivity contribution in [1.29, 1.82) is 0 Å². The number of carbonyl (C=O) groups is 1. The first-order valence-electron chi connectivity index (χ1n) is 9.35. The van der Waals surface area contributed by atoms with Crippen LogP contribution in [0.15, 0.2) is 30.3 Å².